The van der Waals surface area contributed by atoms with Crippen LogP contribution in [0.5, 0.6) is 5.75 Å². The first kappa shape index (κ1) is 15.2. The van der Waals surface area contributed by atoms with Gasteiger partial charge in [0.05, 0.1) is 23.3 Å². The third-order valence-electron chi connectivity index (χ3n) is 4.42. The molecule has 0 spiro atoms. The summed E-state index contributed by atoms with van der Waals surface area (Å²) in [7, 11) is 3.95. The van der Waals surface area contributed by atoms with Gasteiger partial charge in [0, 0.05) is 13.7 Å². The standard InChI is InChI=1S/C15H22BBrN2O2/c1-20-8-6-18-7-9-21-15-13(18)10-11-2-4-19(16)5-3-12(11)14(15)17/h10H,2-9,16H2,1H3. The van der Waals surface area contributed by atoms with Gasteiger partial charge in [-0.3, -0.25) is 0 Å². The van der Waals surface area contributed by atoms with Gasteiger partial charge >= 0.3 is 0 Å². The molecule has 21 heavy (non-hydrogen) atoms. The molecule has 0 aromatic heterocycles. The Hall–Kier alpha value is -0.715. The van der Waals surface area contributed by atoms with Crippen molar-refractivity contribution >= 4 is 29.6 Å². The van der Waals surface area contributed by atoms with Gasteiger partial charge in [0.1, 0.15) is 6.61 Å². The molecule has 0 fully saturated rings. The molecular weight excluding hydrogens is 331 g/mol. The highest BCUT2D eigenvalue weighted by atomic mass is 79.9. The van der Waals surface area contributed by atoms with Crippen molar-refractivity contribution in [1.82, 2.24) is 4.81 Å². The van der Waals surface area contributed by atoms with Gasteiger partial charge < -0.3 is 19.2 Å². The Morgan fingerprint density at radius 1 is 1.33 bits per heavy atom. The van der Waals surface area contributed by atoms with Crippen LogP contribution in [-0.4, -0.2) is 59.3 Å². The first-order valence-corrected chi connectivity index (χ1v) is 8.39. The average molecular weight is 353 g/mol. The summed E-state index contributed by atoms with van der Waals surface area (Å²) in [6, 6.07) is 2.34. The second kappa shape index (κ2) is 6.59. The van der Waals surface area contributed by atoms with Gasteiger partial charge in [-0.25, -0.2) is 0 Å². The van der Waals surface area contributed by atoms with Crippen molar-refractivity contribution in [2.45, 2.75) is 12.8 Å². The summed E-state index contributed by atoms with van der Waals surface area (Å²) in [6.07, 6.45) is 2.19. The average Bonchev–Trinajstić information content (AvgIpc) is 2.68. The van der Waals surface area contributed by atoms with Crippen molar-refractivity contribution in [2.24, 2.45) is 0 Å². The molecule has 2 heterocycles. The Kier molecular flexibility index (Phi) is 4.77. The number of nitrogens with zero attached hydrogens (tertiary/aromatic N) is 2. The van der Waals surface area contributed by atoms with Gasteiger partial charge in [0.15, 0.2) is 13.7 Å². The van der Waals surface area contributed by atoms with E-state index in [0.29, 0.717) is 0 Å². The van der Waals surface area contributed by atoms with Crippen LogP contribution in [-0.2, 0) is 17.6 Å². The van der Waals surface area contributed by atoms with E-state index < -0.39 is 0 Å². The number of benzene rings is 1. The fourth-order valence-corrected chi connectivity index (χ4v) is 3.88. The molecule has 0 radical (unpaired) electrons. The van der Waals surface area contributed by atoms with Gasteiger partial charge in [-0.2, -0.15) is 0 Å². The zero-order chi connectivity index (χ0) is 14.8. The van der Waals surface area contributed by atoms with Gasteiger partial charge in [-0.05, 0) is 59.1 Å². The molecule has 3 rings (SSSR count). The smallest absolute Gasteiger partial charge is 0.185 e. The molecule has 1 aromatic carbocycles. The van der Waals surface area contributed by atoms with Gasteiger partial charge in [-0.15, -0.1) is 0 Å². The van der Waals surface area contributed by atoms with E-state index in [2.05, 4.69) is 39.7 Å². The minimum atomic E-state index is 0.744. The summed E-state index contributed by atoms with van der Waals surface area (Å²) in [5.41, 5.74) is 4.10. The summed E-state index contributed by atoms with van der Waals surface area (Å²) in [4.78, 5) is 4.77. The minimum absolute atomic E-state index is 0.744. The van der Waals surface area contributed by atoms with Gasteiger partial charge in [0.2, 0.25) is 0 Å². The Labute approximate surface area is 135 Å². The molecule has 0 N–H and O–H groups in total. The van der Waals surface area contributed by atoms with Crippen LogP contribution in [0, 0.1) is 0 Å². The van der Waals surface area contributed by atoms with Crippen LogP contribution in [0.3, 0.4) is 0 Å². The van der Waals surface area contributed by atoms with Crippen LogP contribution >= 0.6 is 15.9 Å². The zero-order valence-electron chi connectivity index (χ0n) is 12.8. The highest BCUT2D eigenvalue weighted by molar-refractivity contribution is 9.10. The van der Waals surface area contributed by atoms with E-state index in [1.807, 2.05) is 0 Å². The fraction of sp³-hybridized carbons (Fsp3) is 0.600. The number of halogens is 1. The van der Waals surface area contributed by atoms with Crippen LogP contribution in [0.2, 0.25) is 0 Å². The predicted octanol–water partition coefficient (Wildman–Crippen LogP) is 1.24. The molecule has 0 atom stereocenters. The lowest BCUT2D eigenvalue weighted by molar-refractivity contribution is 0.201. The quantitative estimate of drug-likeness (QED) is 0.764. The van der Waals surface area contributed by atoms with Crippen LogP contribution in [0.4, 0.5) is 5.69 Å². The largest absolute Gasteiger partial charge is 0.488 e. The molecule has 0 bridgehead atoms. The molecule has 6 heteroatoms. The van der Waals surface area contributed by atoms with Crippen LogP contribution in [0.15, 0.2) is 10.5 Å². The van der Waals surface area contributed by atoms with Crippen molar-refractivity contribution in [3.63, 3.8) is 0 Å². The van der Waals surface area contributed by atoms with Crippen molar-refractivity contribution in [1.29, 1.82) is 0 Å². The van der Waals surface area contributed by atoms with Crippen molar-refractivity contribution < 1.29 is 9.47 Å². The number of methoxy groups -OCH3 is 1. The van der Waals surface area contributed by atoms with E-state index in [4.69, 9.17) is 9.47 Å². The molecule has 0 aliphatic carbocycles. The van der Waals surface area contributed by atoms with E-state index >= 15 is 0 Å². The monoisotopic (exact) mass is 352 g/mol. The number of ether oxygens (including phenoxy) is 2. The van der Waals surface area contributed by atoms with E-state index in [0.717, 1.165) is 62.5 Å². The van der Waals surface area contributed by atoms with E-state index in [-0.39, 0.29) is 0 Å². The minimum Gasteiger partial charge on any atom is -0.488 e. The number of fused-ring (bicyclic) bond motifs is 2. The normalized spacial score (nSPS) is 18.7. The third-order valence-corrected chi connectivity index (χ3v) is 5.25. The van der Waals surface area contributed by atoms with Crippen LogP contribution in [0.25, 0.3) is 0 Å². The number of hydrogen-bond acceptors (Lipinski definition) is 4. The zero-order valence-corrected chi connectivity index (χ0v) is 14.4. The van der Waals surface area contributed by atoms with Crippen molar-refractivity contribution in [2.75, 3.05) is 51.4 Å². The van der Waals surface area contributed by atoms with Gasteiger partial charge in [-0.1, -0.05) is 0 Å². The summed E-state index contributed by atoms with van der Waals surface area (Å²) in [6.45, 7) is 5.57. The Balaban J connectivity index is 1.97. The van der Waals surface area contributed by atoms with Gasteiger partial charge in [0.25, 0.3) is 0 Å². The van der Waals surface area contributed by atoms with E-state index in [9.17, 15) is 0 Å². The number of anilines is 1. The summed E-state index contributed by atoms with van der Waals surface area (Å²) in [5.74, 6) is 1.01. The highest BCUT2D eigenvalue weighted by Crippen LogP contribution is 2.43. The second-order valence-electron chi connectivity index (χ2n) is 5.81. The van der Waals surface area contributed by atoms with E-state index in [1.54, 1.807) is 7.11 Å². The summed E-state index contributed by atoms with van der Waals surface area (Å²) >= 11 is 3.80. The SMILES string of the molecule is BN1CCc2cc3c(c(Br)c2CC1)OCCN3CCOC. The first-order valence-electron chi connectivity index (χ1n) is 7.60. The first-order chi connectivity index (χ1) is 10.2. The lowest BCUT2D eigenvalue weighted by atomic mass is 10.0. The maximum Gasteiger partial charge on any atom is 0.185 e. The second-order valence-corrected chi connectivity index (χ2v) is 6.60. The molecular formula is C15H22BBrN2O2. The molecule has 2 aliphatic rings. The van der Waals surface area contributed by atoms with E-state index in [1.165, 1.54) is 16.8 Å². The highest BCUT2D eigenvalue weighted by Gasteiger charge is 2.25. The topological polar surface area (TPSA) is 24.9 Å². The molecule has 114 valence electrons. The molecule has 0 unspecified atom stereocenters. The maximum absolute atomic E-state index is 5.96. The summed E-state index contributed by atoms with van der Waals surface area (Å²) < 4.78 is 12.4. The Morgan fingerprint density at radius 3 is 2.95 bits per heavy atom. The lowest BCUT2D eigenvalue weighted by Gasteiger charge is -2.33. The van der Waals surface area contributed by atoms with Crippen molar-refractivity contribution in [3.05, 3.63) is 21.7 Å². The number of rotatable bonds is 3. The van der Waals surface area contributed by atoms with Crippen molar-refractivity contribution in [3.8, 4) is 5.75 Å². The third kappa shape index (κ3) is 3.08. The summed E-state index contributed by atoms with van der Waals surface area (Å²) in [5, 5.41) is 0. The Bertz CT molecular complexity index is 527. The molecule has 0 saturated carbocycles. The van der Waals surface area contributed by atoms with Crippen LogP contribution < -0.4 is 9.64 Å². The molecule has 4 nitrogen and oxygen atoms in total. The lowest BCUT2D eigenvalue weighted by Crippen LogP contribution is -2.35. The molecule has 2 aliphatic heterocycles. The Morgan fingerprint density at radius 2 is 2.14 bits per heavy atom. The number of hydrogen-bond donors (Lipinski definition) is 0. The van der Waals surface area contributed by atoms with Crippen LogP contribution in [0.1, 0.15) is 11.1 Å². The molecule has 0 amide bonds. The fourth-order valence-electron chi connectivity index (χ4n) is 3.11. The maximum atomic E-state index is 5.96. The molecule has 1 aromatic rings. The predicted molar refractivity (Wildman–Crippen MR) is 91.3 cm³/mol. The molecule has 0 saturated heterocycles.